The molecule has 0 radical (unpaired) electrons. The molecular weight excluding hydrogens is 473 g/mol. The number of benzene rings is 3. The number of rotatable bonds is 5. The number of hydrogen-bond acceptors (Lipinski definition) is 4. The van der Waals surface area contributed by atoms with Gasteiger partial charge in [0.05, 0.1) is 13.2 Å². The largest absolute Gasteiger partial charge is 0.480 e. The topological polar surface area (TPSA) is 71.6 Å². The van der Waals surface area contributed by atoms with Gasteiger partial charge in [-0.05, 0) is 17.2 Å². The molecule has 1 aliphatic rings. The van der Waals surface area contributed by atoms with Crippen LogP contribution in [0.4, 0.5) is 13.2 Å². The second-order valence-electron chi connectivity index (χ2n) is 8.41. The van der Waals surface area contributed by atoms with Crippen molar-refractivity contribution in [3.8, 4) is 5.75 Å². The smallest absolute Gasteiger partial charge is 0.328 e. The van der Waals surface area contributed by atoms with Crippen molar-refractivity contribution in [2.45, 2.75) is 18.5 Å². The van der Waals surface area contributed by atoms with Crippen molar-refractivity contribution in [3.63, 3.8) is 0 Å². The number of esters is 1. The number of H-pyrrole nitrogens is 1. The average molecular weight is 494 g/mol. The van der Waals surface area contributed by atoms with Crippen LogP contribution in [-0.4, -0.2) is 41.5 Å². The van der Waals surface area contributed by atoms with E-state index in [2.05, 4.69) is 4.98 Å². The summed E-state index contributed by atoms with van der Waals surface area (Å²) < 4.78 is 51.6. The second kappa shape index (κ2) is 9.41. The van der Waals surface area contributed by atoms with E-state index in [1.165, 1.54) is 12.0 Å². The molecule has 0 bridgehead atoms. The minimum atomic E-state index is -1.44. The summed E-state index contributed by atoms with van der Waals surface area (Å²) in [6.45, 7) is -0.758. The molecule has 0 spiro atoms. The van der Waals surface area contributed by atoms with E-state index >= 15 is 0 Å². The fourth-order valence-corrected chi connectivity index (χ4v) is 4.75. The van der Waals surface area contributed by atoms with Crippen LogP contribution < -0.4 is 4.74 Å². The number of ether oxygens (including phenoxy) is 2. The van der Waals surface area contributed by atoms with Gasteiger partial charge in [-0.15, -0.1) is 0 Å². The molecule has 4 aromatic rings. The van der Waals surface area contributed by atoms with Gasteiger partial charge in [-0.25, -0.2) is 13.6 Å². The Bertz CT molecular complexity index is 1450. The maximum Gasteiger partial charge on any atom is 0.328 e. The number of aromatic amines is 1. The van der Waals surface area contributed by atoms with Gasteiger partial charge in [-0.2, -0.15) is 4.39 Å². The fourth-order valence-electron chi connectivity index (χ4n) is 4.75. The van der Waals surface area contributed by atoms with Crippen molar-refractivity contribution in [1.29, 1.82) is 0 Å². The number of carbonyl (C=O) groups is 2. The number of carbonyl (C=O) groups excluding carboxylic acids is 2. The van der Waals surface area contributed by atoms with Crippen LogP contribution in [0.1, 0.15) is 22.9 Å². The van der Waals surface area contributed by atoms with Crippen molar-refractivity contribution in [3.05, 3.63) is 101 Å². The normalized spacial score (nSPS) is 17.1. The minimum Gasteiger partial charge on any atom is -0.480 e. The predicted octanol–water partition coefficient (Wildman–Crippen LogP) is 4.68. The molecule has 0 saturated carbocycles. The van der Waals surface area contributed by atoms with Gasteiger partial charge in [0.15, 0.2) is 18.2 Å². The first-order valence-corrected chi connectivity index (χ1v) is 11.2. The molecule has 0 saturated heterocycles. The SMILES string of the molecule is COC(=O)[C@@H]1Cc2c([nH]c3ccccc23)C(c2ccccc2)N1C(=O)COc1cc(F)cc(F)c1F. The van der Waals surface area contributed by atoms with Gasteiger partial charge in [0, 0.05) is 35.2 Å². The number of nitrogens with zero attached hydrogens (tertiary/aromatic N) is 1. The summed E-state index contributed by atoms with van der Waals surface area (Å²) in [6, 6.07) is 16.0. The summed E-state index contributed by atoms with van der Waals surface area (Å²) in [7, 11) is 1.23. The molecule has 2 heterocycles. The van der Waals surface area contributed by atoms with Gasteiger partial charge in [-0.1, -0.05) is 48.5 Å². The van der Waals surface area contributed by atoms with Crippen molar-refractivity contribution >= 4 is 22.8 Å². The third-order valence-corrected chi connectivity index (χ3v) is 6.32. The van der Waals surface area contributed by atoms with Gasteiger partial charge >= 0.3 is 5.97 Å². The zero-order valence-electron chi connectivity index (χ0n) is 19.1. The number of methoxy groups -OCH3 is 1. The lowest BCUT2D eigenvalue weighted by Gasteiger charge is -2.40. The number of fused-ring (bicyclic) bond motifs is 3. The molecule has 1 amide bonds. The highest BCUT2D eigenvalue weighted by Crippen LogP contribution is 2.41. The fraction of sp³-hybridized carbons (Fsp3) is 0.185. The maximum absolute atomic E-state index is 14.1. The van der Waals surface area contributed by atoms with Crippen LogP contribution in [0.5, 0.6) is 5.75 Å². The molecule has 5 rings (SSSR count). The molecule has 1 N–H and O–H groups in total. The highest BCUT2D eigenvalue weighted by molar-refractivity contribution is 5.91. The first kappa shape index (κ1) is 23.5. The van der Waals surface area contributed by atoms with Gasteiger partial charge in [0.25, 0.3) is 5.91 Å². The molecule has 1 aliphatic heterocycles. The van der Waals surface area contributed by atoms with Gasteiger partial charge in [0.1, 0.15) is 11.9 Å². The van der Waals surface area contributed by atoms with Crippen LogP contribution in [0.25, 0.3) is 10.9 Å². The number of amides is 1. The van der Waals surface area contributed by atoms with E-state index in [4.69, 9.17) is 9.47 Å². The highest BCUT2D eigenvalue weighted by atomic mass is 19.2. The van der Waals surface area contributed by atoms with Crippen LogP contribution in [0.3, 0.4) is 0 Å². The Morgan fingerprint density at radius 3 is 2.50 bits per heavy atom. The summed E-state index contributed by atoms with van der Waals surface area (Å²) in [4.78, 5) is 31.2. The second-order valence-corrected chi connectivity index (χ2v) is 8.41. The average Bonchev–Trinajstić information content (AvgIpc) is 3.27. The standard InChI is InChI=1S/C27H21F3N2O4/c1-35-27(34)21-13-18-17-9-5-6-10-20(17)31-25(18)26(15-7-3-2-4-8-15)32(21)23(33)14-36-22-12-16(28)11-19(29)24(22)30/h2-12,21,26,31H,13-14H2,1H3/t21-,26?/m0/s1. The summed E-state index contributed by atoms with van der Waals surface area (Å²) in [5.74, 6) is -5.96. The van der Waals surface area contributed by atoms with Crippen LogP contribution in [0, 0.1) is 17.5 Å². The number of nitrogens with one attached hydrogen (secondary N) is 1. The van der Waals surface area contributed by atoms with Gasteiger partial charge < -0.3 is 19.4 Å². The quantitative estimate of drug-likeness (QED) is 0.323. The van der Waals surface area contributed by atoms with Crippen molar-refractivity contribution in [2.24, 2.45) is 0 Å². The number of halogens is 3. The lowest BCUT2D eigenvalue weighted by atomic mass is 9.88. The molecular formula is C27H21F3N2O4. The Hall–Kier alpha value is -4.27. The van der Waals surface area contributed by atoms with Crippen LogP contribution in [0.2, 0.25) is 0 Å². The molecule has 1 aromatic heterocycles. The Balaban J connectivity index is 1.59. The summed E-state index contributed by atoms with van der Waals surface area (Å²) in [6.07, 6.45) is 0.171. The van der Waals surface area contributed by atoms with E-state index in [1.807, 2.05) is 54.6 Å². The van der Waals surface area contributed by atoms with Crippen LogP contribution in [0.15, 0.2) is 66.7 Å². The summed E-state index contributed by atoms with van der Waals surface area (Å²) >= 11 is 0. The molecule has 0 aliphatic carbocycles. The third kappa shape index (κ3) is 4.06. The van der Waals surface area contributed by atoms with Crippen molar-refractivity contribution in [1.82, 2.24) is 9.88 Å². The van der Waals surface area contributed by atoms with E-state index in [0.717, 1.165) is 27.7 Å². The molecule has 0 fully saturated rings. The van der Waals surface area contributed by atoms with Crippen LogP contribution >= 0.6 is 0 Å². The highest BCUT2D eigenvalue weighted by Gasteiger charge is 2.44. The first-order chi connectivity index (χ1) is 17.4. The molecule has 2 atom stereocenters. The molecule has 1 unspecified atom stereocenters. The monoisotopic (exact) mass is 494 g/mol. The first-order valence-electron chi connectivity index (χ1n) is 11.2. The molecule has 184 valence electrons. The zero-order chi connectivity index (χ0) is 25.4. The van der Waals surface area contributed by atoms with E-state index in [0.29, 0.717) is 12.1 Å². The summed E-state index contributed by atoms with van der Waals surface area (Å²) in [5.41, 5.74) is 3.15. The molecule has 6 nitrogen and oxygen atoms in total. The Morgan fingerprint density at radius 2 is 1.75 bits per heavy atom. The van der Waals surface area contributed by atoms with E-state index < -0.39 is 53.8 Å². The molecule has 9 heteroatoms. The lowest BCUT2D eigenvalue weighted by Crippen LogP contribution is -2.53. The van der Waals surface area contributed by atoms with Gasteiger partial charge in [0.2, 0.25) is 5.82 Å². The number of aromatic nitrogens is 1. The number of para-hydroxylation sites is 1. The maximum atomic E-state index is 14.1. The third-order valence-electron chi connectivity index (χ3n) is 6.32. The Labute approximate surface area is 204 Å². The van der Waals surface area contributed by atoms with E-state index in [9.17, 15) is 22.8 Å². The molecule has 36 heavy (non-hydrogen) atoms. The molecule has 3 aromatic carbocycles. The van der Waals surface area contributed by atoms with Crippen LogP contribution in [-0.2, 0) is 20.7 Å². The summed E-state index contributed by atoms with van der Waals surface area (Å²) in [5, 5.41) is 0.919. The number of hydrogen-bond donors (Lipinski definition) is 1. The van der Waals surface area contributed by atoms with E-state index in [-0.39, 0.29) is 6.42 Å². The lowest BCUT2D eigenvalue weighted by molar-refractivity contribution is -0.156. The zero-order valence-corrected chi connectivity index (χ0v) is 19.1. The predicted molar refractivity (Wildman–Crippen MR) is 125 cm³/mol. The Kier molecular flexibility index (Phi) is 6.13. The Morgan fingerprint density at radius 1 is 1.03 bits per heavy atom. The van der Waals surface area contributed by atoms with Gasteiger partial charge in [-0.3, -0.25) is 4.79 Å². The minimum absolute atomic E-state index is 0.171. The van der Waals surface area contributed by atoms with Crippen molar-refractivity contribution in [2.75, 3.05) is 13.7 Å². The van der Waals surface area contributed by atoms with E-state index in [1.54, 1.807) is 0 Å². The van der Waals surface area contributed by atoms with Crippen molar-refractivity contribution < 1.29 is 32.2 Å².